The summed E-state index contributed by atoms with van der Waals surface area (Å²) in [5, 5.41) is 0.688. The number of para-hydroxylation sites is 1. The molecule has 37 heavy (non-hydrogen) atoms. The van der Waals surface area contributed by atoms with E-state index in [0.29, 0.717) is 18.1 Å². The second kappa shape index (κ2) is 9.96. The first-order chi connectivity index (χ1) is 18.1. The van der Waals surface area contributed by atoms with E-state index in [1.807, 2.05) is 72.5 Å². The van der Waals surface area contributed by atoms with E-state index in [1.165, 1.54) is 5.56 Å². The summed E-state index contributed by atoms with van der Waals surface area (Å²) in [6, 6.07) is 26.0. The van der Waals surface area contributed by atoms with E-state index in [-0.39, 0.29) is 12.7 Å². The van der Waals surface area contributed by atoms with Crippen LogP contribution in [0.2, 0.25) is 5.02 Å². The Hall–Kier alpha value is -3.74. The fraction of sp³-hybridized carbons (Fsp3) is 0.233. The molecule has 6 nitrogen and oxygen atoms in total. The molecule has 0 bridgehead atoms. The van der Waals surface area contributed by atoms with Crippen molar-refractivity contribution in [1.82, 2.24) is 14.4 Å². The third kappa shape index (κ3) is 4.70. The van der Waals surface area contributed by atoms with Gasteiger partial charge < -0.3 is 18.9 Å². The quantitative estimate of drug-likeness (QED) is 0.339. The molecule has 7 heteroatoms. The van der Waals surface area contributed by atoms with E-state index >= 15 is 0 Å². The predicted octanol–water partition coefficient (Wildman–Crippen LogP) is 5.79. The van der Waals surface area contributed by atoms with Crippen LogP contribution >= 0.6 is 11.6 Å². The predicted molar refractivity (Wildman–Crippen MR) is 145 cm³/mol. The summed E-state index contributed by atoms with van der Waals surface area (Å²) >= 11 is 6.15. The van der Waals surface area contributed by atoms with Gasteiger partial charge in [0.25, 0.3) is 5.91 Å². The van der Waals surface area contributed by atoms with Crippen molar-refractivity contribution in [1.29, 1.82) is 0 Å². The molecule has 0 atom stereocenters. The van der Waals surface area contributed by atoms with Crippen molar-refractivity contribution in [2.75, 3.05) is 33.0 Å². The van der Waals surface area contributed by atoms with Gasteiger partial charge in [-0.2, -0.15) is 0 Å². The maximum atomic E-state index is 13.7. The van der Waals surface area contributed by atoms with Crippen LogP contribution in [-0.2, 0) is 6.54 Å². The number of ether oxygens (including phenoxy) is 2. The first kappa shape index (κ1) is 23.6. The third-order valence-electron chi connectivity index (χ3n) is 7.13. The van der Waals surface area contributed by atoms with Gasteiger partial charge in [-0.1, -0.05) is 48.0 Å². The number of fused-ring (bicyclic) bond motifs is 1. The maximum absolute atomic E-state index is 13.7. The standard InChI is InChI=1S/C30H28ClN3O3/c1-21-26(18-27(23-8-10-24(31)11-9-23)34(21)25-5-3-2-4-6-25)30(35)33-15-13-32(14-16-33)19-22-7-12-28-29(17-22)37-20-36-28/h2-12,17-18H,13-16,19-20H2,1H3. The molecule has 0 unspecified atom stereocenters. The Balaban J connectivity index is 1.21. The molecular formula is C30H28ClN3O3. The maximum Gasteiger partial charge on any atom is 0.255 e. The lowest BCUT2D eigenvalue weighted by atomic mass is 10.1. The number of carbonyl (C=O) groups excluding carboxylic acids is 1. The molecule has 1 amide bonds. The van der Waals surface area contributed by atoms with E-state index in [4.69, 9.17) is 21.1 Å². The van der Waals surface area contributed by atoms with E-state index in [2.05, 4.69) is 27.7 Å². The highest BCUT2D eigenvalue weighted by molar-refractivity contribution is 6.30. The monoisotopic (exact) mass is 513 g/mol. The van der Waals surface area contributed by atoms with Crippen LogP contribution in [0.4, 0.5) is 0 Å². The Kier molecular flexibility index (Phi) is 6.37. The minimum Gasteiger partial charge on any atom is -0.454 e. The number of hydrogen-bond donors (Lipinski definition) is 0. The molecule has 2 aliphatic rings. The lowest BCUT2D eigenvalue weighted by Gasteiger charge is -2.34. The Bertz CT molecular complexity index is 1420. The van der Waals surface area contributed by atoms with Gasteiger partial charge in [-0.15, -0.1) is 0 Å². The van der Waals surface area contributed by atoms with Crippen LogP contribution in [0.25, 0.3) is 16.9 Å². The van der Waals surface area contributed by atoms with Gasteiger partial charge in [-0.3, -0.25) is 9.69 Å². The molecule has 0 spiro atoms. The topological polar surface area (TPSA) is 46.9 Å². The van der Waals surface area contributed by atoms with Crippen LogP contribution in [0.1, 0.15) is 21.6 Å². The van der Waals surface area contributed by atoms with Gasteiger partial charge in [0.2, 0.25) is 6.79 Å². The highest BCUT2D eigenvalue weighted by atomic mass is 35.5. The lowest BCUT2D eigenvalue weighted by molar-refractivity contribution is 0.0628. The van der Waals surface area contributed by atoms with Gasteiger partial charge in [0.05, 0.1) is 11.3 Å². The summed E-state index contributed by atoms with van der Waals surface area (Å²) in [6.07, 6.45) is 0. The van der Waals surface area contributed by atoms with E-state index < -0.39 is 0 Å². The average Bonchev–Trinajstić information content (AvgIpc) is 3.53. The summed E-state index contributed by atoms with van der Waals surface area (Å²) in [4.78, 5) is 18.1. The zero-order valence-corrected chi connectivity index (χ0v) is 21.4. The summed E-state index contributed by atoms with van der Waals surface area (Å²) in [5.41, 5.74) is 5.88. The number of benzene rings is 3. The largest absolute Gasteiger partial charge is 0.454 e. The van der Waals surface area contributed by atoms with E-state index in [9.17, 15) is 4.79 Å². The summed E-state index contributed by atoms with van der Waals surface area (Å²) in [6.45, 7) is 6.15. The third-order valence-corrected chi connectivity index (χ3v) is 7.39. The number of amides is 1. The number of halogens is 1. The first-order valence-corrected chi connectivity index (χ1v) is 12.9. The summed E-state index contributed by atoms with van der Waals surface area (Å²) in [5.74, 6) is 1.68. The van der Waals surface area contributed by atoms with Crippen LogP contribution in [-0.4, -0.2) is 53.2 Å². The molecular weight excluding hydrogens is 486 g/mol. The minimum absolute atomic E-state index is 0.0742. The van der Waals surface area contributed by atoms with Gasteiger partial charge in [-0.05, 0) is 60.5 Å². The molecule has 1 aromatic heterocycles. The van der Waals surface area contributed by atoms with Crippen molar-refractivity contribution in [3.8, 4) is 28.4 Å². The van der Waals surface area contributed by atoms with Crippen LogP contribution in [0, 0.1) is 6.92 Å². The molecule has 0 saturated carbocycles. The number of hydrogen-bond acceptors (Lipinski definition) is 4. The number of carbonyl (C=O) groups is 1. The van der Waals surface area contributed by atoms with Gasteiger partial charge in [0.1, 0.15) is 0 Å². The van der Waals surface area contributed by atoms with Crippen molar-refractivity contribution in [3.63, 3.8) is 0 Å². The zero-order valence-electron chi connectivity index (χ0n) is 20.7. The Labute approximate surface area is 221 Å². The van der Waals surface area contributed by atoms with Crippen LogP contribution in [0.15, 0.2) is 78.9 Å². The van der Waals surface area contributed by atoms with Gasteiger partial charge in [-0.25, -0.2) is 0 Å². The second-order valence-corrected chi connectivity index (χ2v) is 9.90. The molecule has 3 aromatic carbocycles. The lowest BCUT2D eigenvalue weighted by Crippen LogP contribution is -2.48. The molecule has 0 radical (unpaired) electrons. The minimum atomic E-state index is 0.0742. The van der Waals surface area contributed by atoms with E-state index in [1.54, 1.807) is 0 Å². The molecule has 2 aliphatic heterocycles. The second-order valence-electron chi connectivity index (χ2n) is 9.46. The molecule has 1 saturated heterocycles. The molecule has 1 fully saturated rings. The highest BCUT2D eigenvalue weighted by Crippen LogP contribution is 2.33. The molecule has 0 aliphatic carbocycles. The first-order valence-electron chi connectivity index (χ1n) is 12.5. The summed E-state index contributed by atoms with van der Waals surface area (Å²) < 4.78 is 13.1. The SMILES string of the molecule is Cc1c(C(=O)N2CCN(Cc3ccc4c(c3)OCO4)CC2)cc(-c2ccc(Cl)cc2)n1-c1ccccc1. The van der Waals surface area contributed by atoms with Crippen molar-refractivity contribution < 1.29 is 14.3 Å². The molecule has 4 aromatic rings. The summed E-state index contributed by atoms with van der Waals surface area (Å²) in [7, 11) is 0. The number of piperazine rings is 1. The van der Waals surface area contributed by atoms with Crippen LogP contribution in [0.3, 0.4) is 0 Å². The number of aromatic nitrogens is 1. The average molecular weight is 514 g/mol. The van der Waals surface area contributed by atoms with Crippen molar-refractivity contribution >= 4 is 17.5 Å². The molecule has 3 heterocycles. The van der Waals surface area contributed by atoms with Crippen molar-refractivity contribution in [2.45, 2.75) is 13.5 Å². The van der Waals surface area contributed by atoms with E-state index in [0.717, 1.165) is 59.3 Å². The zero-order chi connectivity index (χ0) is 25.4. The molecule has 0 N–H and O–H groups in total. The van der Waals surface area contributed by atoms with Crippen molar-refractivity contribution in [2.24, 2.45) is 0 Å². The normalized spacial score (nSPS) is 15.2. The smallest absolute Gasteiger partial charge is 0.255 e. The highest BCUT2D eigenvalue weighted by Gasteiger charge is 2.27. The van der Waals surface area contributed by atoms with Crippen LogP contribution < -0.4 is 9.47 Å². The van der Waals surface area contributed by atoms with Crippen LogP contribution in [0.5, 0.6) is 11.5 Å². The molecule has 6 rings (SSSR count). The fourth-order valence-electron chi connectivity index (χ4n) is 5.14. The number of rotatable bonds is 5. The fourth-order valence-corrected chi connectivity index (χ4v) is 5.27. The Morgan fingerprint density at radius 3 is 2.35 bits per heavy atom. The number of nitrogens with zero attached hydrogens (tertiary/aromatic N) is 3. The van der Waals surface area contributed by atoms with Gasteiger partial charge in [0.15, 0.2) is 11.5 Å². The Morgan fingerprint density at radius 2 is 1.59 bits per heavy atom. The van der Waals surface area contributed by atoms with Crippen molar-refractivity contribution in [3.05, 3.63) is 101 Å². The molecule has 188 valence electrons. The Morgan fingerprint density at radius 1 is 0.865 bits per heavy atom. The van der Waals surface area contributed by atoms with Gasteiger partial charge in [0, 0.05) is 49.1 Å². The van der Waals surface area contributed by atoms with Gasteiger partial charge >= 0.3 is 0 Å².